The minimum atomic E-state index is 0. The molecule has 4 heterocycles. The molecule has 0 amide bonds. The summed E-state index contributed by atoms with van der Waals surface area (Å²) >= 11 is 1.89. The Morgan fingerprint density at radius 3 is 2.52 bits per heavy atom. The van der Waals surface area contributed by atoms with Crippen molar-refractivity contribution in [2.24, 2.45) is 0 Å². The van der Waals surface area contributed by atoms with Gasteiger partial charge in [0.1, 0.15) is 12.4 Å². The molecule has 0 aliphatic carbocycles. The first kappa shape index (κ1) is 24.6. The lowest BCUT2D eigenvalue weighted by molar-refractivity contribution is 0.231. The maximum atomic E-state index is 6.28. The Hall–Kier alpha value is -1.04. The molecule has 1 aromatic heterocycles. The standard InChI is InChI=1S/C25H32N2OS.2ClH/c1-26-13-8-20(9-14-26)24-22-17-19(7-15-27-11-3-2-4-12-27)5-6-23(22)28-18-21-10-16-29-25(21)24;;/h5-6,10,16-17H,2-4,7-9,11-15,18H2,1H3;2*1H. The van der Waals surface area contributed by atoms with Crippen LogP contribution in [0.15, 0.2) is 35.2 Å². The highest BCUT2D eigenvalue weighted by molar-refractivity contribution is 7.11. The van der Waals surface area contributed by atoms with Crippen molar-refractivity contribution in [1.82, 2.24) is 9.80 Å². The first-order chi connectivity index (χ1) is 14.3. The molecule has 170 valence electrons. The van der Waals surface area contributed by atoms with E-state index in [2.05, 4.69) is 46.5 Å². The van der Waals surface area contributed by atoms with Crippen molar-refractivity contribution in [1.29, 1.82) is 0 Å². The molecule has 0 bridgehead atoms. The Balaban J connectivity index is 0.00000136. The number of hydrogen-bond acceptors (Lipinski definition) is 4. The fourth-order valence-corrected chi connectivity index (χ4v) is 5.98. The van der Waals surface area contributed by atoms with Crippen molar-refractivity contribution in [3.05, 3.63) is 56.8 Å². The topological polar surface area (TPSA) is 15.7 Å². The molecule has 0 radical (unpaired) electrons. The molecule has 2 saturated heterocycles. The summed E-state index contributed by atoms with van der Waals surface area (Å²) in [6, 6.07) is 9.21. The fourth-order valence-electron chi connectivity index (χ4n) is 4.96. The molecule has 2 fully saturated rings. The second-order valence-corrected chi connectivity index (χ2v) is 9.74. The van der Waals surface area contributed by atoms with Gasteiger partial charge in [0.15, 0.2) is 0 Å². The molecule has 0 atom stereocenters. The third-order valence-corrected chi connectivity index (χ3v) is 7.75. The van der Waals surface area contributed by atoms with Crippen LogP contribution in [-0.2, 0) is 13.0 Å². The SMILES string of the molecule is CN1CCC(=C2c3cc(CCN4CCCCC4)ccc3OCc3ccsc32)CC1.Cl.Cl. The zero-order chi connectivity index (χ0) is 19.6. The van der Waals surface area contributed by atoms with Gasteiger partial charge in [-0.25, -0.2) is 0 Å². The van der Waals surface area contributed by atoms with Crippen molar-refractivity contribution in [3.63, 3.8) is 0 Å². The van der Waals surface area contributed by atoms with Gasteiger partial charge in [-0.15, -0.1) is 36.2 Å². The number of ether oxygens (including phenoxy) is 1. The maximum Gasteiger partial charge on any atom is 0.127 e. The highest BCUT2D eigenvalue weighted by atomic mass is 35.5. The van der Waals surface area contributed by atoms with Crippen LogP contribution in [-0.4, -0.2) is 49.6 Å². The van der Waals surface area contributed by atoms with Gasteiger partial charge in [0.2, 0.25) is 0 Å². The van der Waals surface area contributed by atoms with E-state index in [4.69, 9.17) is 4.74 Å². The average molecular weight is 482 g/mol. The summed E-state index contributed by atoms with van der Waals surface area (Å²) in [4.78, 5) is 6.53. The highest BCUT2D eigenvalue weighted by Crippen LogP contribution is 2.43. The summed E-state index contributed by atoms with van der Waals surface area (Å²) in [6.07, 6.45) is 7.60. The Bertz CT molecular complexity index is 895. The summed E-state index contributed by atoms with van der Waals surface area (Å²) in [5.41, 5.74) is 7.23. The molecule has 31 heavy (non-hydrogen) atoms. The lowest BCUT2D eigenvalue weighted by Crippen LogP contribution is -2.31. The number of fused-ring (bicyclic) bond motifs is 2. The number of hydrogen-bond donors (Lipinski definition) is 0. The zero-order valence-corrected chi connectivity index (χ0v) is 20.8. The lowest BCUT2D eigenvalue weighted by Gasteiger charge is -2.27. The van der Waals surface area contributed by atoms with Gasteiger partial charge < -0.3 is 14.5 Å². The predicted octanol–water partition coefficient (Wildman–Crippen LogP) is 6.04. The molecule has 0 saturated carbocycles. The van der Waals surface area contributed by atoms with E-state index in [-0.39, 0.29) is 24.8 Å². The molecular formula is C25H34Cl2N2OS. The number of thiophene rings is 1. The minimum Gasteiger partial charge on any atom is -0.488 e. The van der Waals surface area contributed by atoms with Crippen LogP contribution < -0.4 is 4.74 Å². The monoisotopic (exact) mass is 480 g/mol. The van der Waals surface area contributed by atoms with Gasteiger partial charge in [-0.1, -0.05) is 18.1 Å². The van der Waals surface area contributed by atoms with Crippen molar-refractivity contribution in [2.45, 2.75) is 45.1 Å². The van der Waals surface area contributed by atoms with Gasteiger partial charge in [-0.05, 0) is 81.4 Å². The summed E-state index contributed by atoms with van der Waals surface area (Å²) < 4.78 is 6.28. The Morgan fingerprint density at radius 2 is 1.74 bits per heavy atom. The fraction of sp³-hybridized carbons (Fsp3) is 0.520. The molecule has 0 unspecified atom stereocenters. The van der Waals surface area contributed by atoms with E-state index in [0.29, 0.717) is 6.61 Å². The number of likely N-dealkylation sites (tertiary alicyclic amines) is 2. The predicted molar refractivity (Wildman–Crippen MR) is 136 cm³/mol. The number of halogens is 2. The number of benzene rings is 1. The van der Waals surface area contributed by atoms with Gasteiger partial charge >= 0.3 is 0 Å². The summed E-state index contributed by atoms with van der Waals surface area (Å²) in [6.45, 7) is 6.73. The minimum absolute atomic E-state index is 0. The molecule has 3 aliphatic rings. The van der Waals surface area contributed by atoms with E-state index in [0.717, 1.165) is 25.3 Å². The van der Waals surface area contributed by atoms with Crippen LogP contribution in [0.3, 0.4) is 0 Å². The van der Waals surface area contributed by atoms with Gasteiger partial charge in [0.05, 0.1) is 0 Å². The molecular weight excluding hydrogens is 447 g/mol. The number of nitrogens with zero attached hydrogens (tertiary/aromatic N) is 2. The Labute approximate surface area is 203 Å². The van der Waals surface area contributed by atoms with Gasteiger partial charge in [0.25, 0.3) is 0 Å². The largest absolute Gasteiger partial charge is 0.488 e. The van der Waals surface area contributed by atoms with E-state index in [1.54, 1.807) is 5.57 Å². The molecule has 0 N–H and O–H groups in total. The second-order valence-electron chi connectivity index (χ2n) is 8.83. The van der Waals surface area contributed by atoms with Crippen molar-refractivity contribution in [2.75, 3.05) is 39.8 Å². The summed E-state index contributed by atoms with van der Waals surface area (Å²) in [5.74, 6) is 1.07. The molecule has 6 heteroatoms. The molecule has 2 aromatic rings. The molecule has 0 spiro atoms. The molecule has 3 nitrogen and oxygen atoms in total. The smallest absolute Gasteiger partial charge is 0.127 e. The van der Waals surface area contributed by atoms with E-state index in [9.17, 15) is 0 Å². The van der Waals surface area contributed by atoms with Crippen LogP contribution in [0.5, 0.6) is 5.75 Å². The van der Waals surface area contributed by atoms with Crippen LogP contribution in [0.2, 0.25) is 0 Å². The van der Waals surface area contributed by atoms with Crippen molar-refractivity contribution >= 4 is 41.7 Å². The first-order valence-corrected chi connectivity index (χ1v) is 12.1. The first-order valence-electron chi connectivity index (χ1n) is 11.2. The van der Waals surface area contributed by atoms with E-state index in [1.807, 2.05) is 11.3 Å². The maximum absolute atomic E-state index is 6.28. The van der Waals surface area contributed by atoms with Crippen LogP contribution in [0.4, 0.5) is 0 Å². The normalized spacial score (nSPS) is 19.4. The van der Waals surface area contributed by atoms with Gasteiger partial charge in [-0.3, -0.25) is 0 Å². The highest BCUT2D eigenvalue weighted by Gasteiger charge is 2.25. The second kappa shape index (κ2) is 11.2. The van der Waals surface area contributed by atoms with Crippen LogP contribution in [0.25, 0.3) is 5.57 Å². The van der Waals surface area contributed by atoms with Crippen LogP contribution >= 0.6 is 36.2 Å². The number of rotatable bonds is 3. The molecule has 3 aliphatic heterocycles. The van der Waals surface area contributed by atoms with E-state index >= 15 is 0 Å². The number of piperidine rings is 2. The van der Waals surface area contributed by atoms with Crippen LogP contribution in [0, 0.1) is 0 Å². The Kier molecular flexibility index (Phi) is 8.89. The quantitative estimate of drug-likeness (QED) is 0.532. The van der Waals surface area contributed by atoms with Gasteiger partial charge in [0, 0.05) is 41.2 Å². The zero-order valence-electron chi connectivity index (χ0n) is 18.4. The molecule has 5 rings (SSSR count). The lowest BCUT2D eigenvalue weighted by atomic mass is 9.90. The van der Waals surface area contributed by atoms with Crippen molar-refractivity contribution in [3.8, 4) is 5.75 Å². The summed E-state index contributed by atoms with van der Waals surface area (Å²) in [7, 11) is 2.24. The summed E-state index contributed by atoms with van der Waals surface area (Å²) in [5, 5.41) is 2.23. The van der Waals surface area contributed by atoms with Crippen LogP contribution in [0.1, 0.15) is 53.7 Å². The third-order valence-electron chi connectivity index (χ3n) is 6.78. The van der Waals surface area contributed by atoms with E-state index in [1.165, 1.54) is 78.9 Å². The average Bonchev–Trinajstić information content (AvgIpc) is 3.16. The third kappa shape index (κ3) is 5.48. The van der Waals surface area contributed by atoms with Gasteiger partial charge in [-0.2, -0.15) is 0 Å². The van der Waals surface area contributed by atoms with E-state index < -0.39 is 0 Å². The van der Waals surface area contributed by atoms with Crippen molar-refractivity contribution < 1.29 is 4.74 Å². The molecule has 1 aromatic carbocycles. The Morgan fingerprint density at radius 1 is 0.968 bits per heavy atom.